The van der Waals surface area contributed by atoms with Gasteiger partial charge >= 0.3 is 0 Å². The Morgan fingerprint density at radius 1 is 1.38 bits per heavy atom. The number of rotatable bonds is 8. The highest BCUT2D eigenvalue weighted by molar-refractivity contribution is 8.03. The second-order valence-electron chi connectivity index (χ2n) is 4.11. The van der Waals surface area contributed by atoms with E-state index in [-0.39, 0.29) is 6.29 Å². The topological polar surface area (TPSA) is 18.5 Å². The number of ether oxygens (including phenoxy) is 2. The molecule has 1 rings (SSSR count). The van der Waals surface area contributed by atoms with Gasteiger partial charge < -0.3 is 9.47 Å². The van der Waals surface area contributed by atoms with E-state index in [2.05, 4.69) is 13.8 Å². The van der Waals surface area contributed by atoms with E-state index in [4.69, 9.17) is 9.47 Å². The van der Waals surface area contributed by atoms with Gasteiger partial charge in [0.15, 0.2) is 6.29 Å². The quantitative estimate of drug-likeness (QED) is 0.593. The van der Waals surface area contributed by atoms with Gasteiger partial charge in [0.05, 0.1) is 12.9 Å². The zero-order valence-corrected chi connectivity index (χ0v) is 11.4. The van der Waals surface area contributed by atoms with Gasteiger partial charge in [-0.15, -0.1) is 11.8 Å². The molecule has 0 radical (unpaired) electrons. The van der Waals surface area contributed by atoms with E-state index in [1.54, 1.807) is 0 Å². The lowest BCUT2D eigenvalue weighted by Crippen LogP contribution is -2.18. The van der Waals surface area contributed by atoms with Gasteiger partial charge in [0.1, 0.15) is 0 Å². The Morgan fingerprint density at radius 2 is 2.19 bits per heavy atom. The van der Waals surface area contributed by atoms with Gasteiger partial charge in [-0.2, -0.15) is 0 Å². The van der Waals surface area contributed by atoms with Crippen LogP contribution < -0.4 is 0 Å². The highest BCUT2D eigenvalue weighted by atomic mass is 32.2. The third-order valence-corrected chi connectivity index (χ3v) is 3.73. The van der Waals surface area contributed by atoms with Crippen LogP contribution in [0.4, 0.5) is 0 Å². The molecule has 0 aliphatic carbocycles. The summed E-state index contributed by atoms with van der Waals surface area (Å²) >= 11 is 1.93. The Labute approximate surface area is 104 Å². The van der Waals surface area contributed by atoms with Crippen molar-refractivity contribution in [2.45, 2.75) is 58.7 Å². The molecule has 0 saturated carbocycles. The van der Waals surface area contributed by atoms with Gasteiger partial charge in [-0.25, -0.2) is 0 Å². The van der Waals surface area contributed by atoms with Crippen LogP contribution >= 0.6 is 11.8 Å². The summed E-state index contributed by atoms with van der Waals surface area (Å²) in [4.78, 5) is 1.38. The average Bonchev–Trinajstić information content (AvgIpc) is 2.32. The van der Waals surface area contributed by atoms with Crippen molar-refractivity contribution in [1.29, 1.82) is 0 Å². The van der Waals surface area contributed by atoms with Gasteiger partial charge in [-0.1, -0.05) is 26.7 Å². The normalized spacial score (nSPS) is 20.4. The number of hydrogen-bond acceptors (Lipinski definition) is 3. The van der Waals surface area contributed by atoms with Crippen molar-refractivity contribution in [3.63, 3.8) is 0 Å². The summed E-state index contributed by atoms with van der Waals surface area (Å²) in [7, 11) is 0. The van der Waals surface area contributed by atoms with E-state index in [0.717, 1.165) is 25.9 Å². The maximum atomic E-state index is 5.62. The van der Waals surface area contributed by atoms with Crippen LogP contribution in [0, 0.1) is 0 Å². The summed E-state index contributed by atoms with van der Waals surface area (Å²) in [6.07, 6.45) is 8.90. The van der Waals surface area contributed by atoms with E-state index in [9.17, 15) is 0 Å². The molecule has 94 valence electrons. The van der Waals surface area contributed by atoms with E-state index in [0.29, 0.717) is 0 Å². The summed E-state index contributed by atoms with van der Waals surface area (Å²) in [6.45, 7) is 5.23. The molecule has 1 heterocycles. The van der Waals surface area contributed by atoms with Crippen LogP contribution in [0.15, 0.2) is 11.2 Å². The lowest BCUT2D eigenvalue weighted by Gasteiger charge is -2.22. The Kier molecular flexibility index (Phi) is 7.77. The molecule has 0 spiro atoms. The van der Waals surface area contributed by atoms with Crippen molar-refractivity contribution in [3.05, 3.63) is 11.2 Å². The molecule has 1 atom stereocenters. The number of unbranched alkanes of at least 4 members (excludes halogenated alkanes) is 2. The molecule has 0 saturated heterocycles. The van der Waals surface area contributed by atoms with E-state index < -0.39 is 0 Å². The molecule has 2 nitrogen and oxygen atoms in total. The summed E-state index contributed by atoms with van der Waals surface area (Å²) in [5, 5.41) is 0. The number of thioether (sulfide) groups is 1. The second-order valence-corrected chi connectivity index (χ2v) is 5.34. The maximum Gasteiger partial charge on any atom is 0.199 e. The first-order valence-corrected chi connectivity index (χ1v) is 7.44. The fourth-order valence-electron chi connectivity index (χ4n) is 1.47. The van der Waals surface area contributed by atoms with Crippen molar-refractivity contribution in [2.24, 2.45) is 0 Å². The summed E-state index contributed by atoms with van der Waals surface area (Å²) in [6, 6.07) is 0. The average molecular weight is 244 g/mol. The van der Waals surface area contributed by atoms with Gasteiger partial charge in [0, 0.05) is 11.3 Å². The lowest BCUT2D eigenvalue weighted by atomic mass is 10.2. The highest BCUT2D eigenvalue weighted by Crippen LogP contribution is 2.28. The molecule has 3 heteroatoms. The zero-order chi connectivity index (χ0) is 11.6. The van der Waals surface area contributed by atoms with Gasteiger partial charge in [-0.05, 0) is 25.0 Å². The highest BCUT2D eigenvalue weighted by Gasteiger charge is 2.15. The molecule has 0 bridgehead atoms. The minimum Gasteiger partial charge on any atom is -0.472 e. The van der Waals surface area contributed by atoms with Crippen LogP contribution in [-0.2, 0) is 9.47 Å². The minimum atomic E-state index is 0.00192. The molecule has 0 N–H and O–H groups in total. The third kappa shape index (κ3) is 5.80. The van der Waals surface area contributed by atoms with Gasteiger partial charge in [0.25, 0.3) is 0 Å². The summed E-state index contributed by atoms with van der Waals surface area (Å²) in [5.41, 5.74) is 0. The molecule has 0 aromatic carbocycles. The van der Waals surface area contributed by atoms with Crippen molar-refractivity contribution < 1.29 is 9.47 Å². The van der Waals surface area contributed by atoms with Gasteiger partial charge in [-0.3, -0.25) is 0 Å². The van der Waals surface area contributed by atoms with E-state index in [1.807, 2.05) is 18.0 Å². The summed E-state index contributed by atoms with van der Waals surface area (Å²) < 4.78 is 11.2. The molecule has 1 aliphatic rings. The Hall–Kier alpha value is -0.150. The number of hydrogen-bond donors (Lipinski definition) is 0. The largest absolute Gasteiger partial charge is 0.472 e. The Balaban J connectivity index is 2.10. The van der Waals surface area contributed by atoms with Crippen LogP contribution in [0.25, 0.3) is 0 Å². The zero-order valence-electron chi connectivity index (χ0n) is 10.5. The van der Waals surface area contributed by atoms with Crippen molar-refractivity contribution >= 4 is 11.8 Å². The SMILES string of the molecule is CCCCOC1CCC(SCCCC)=CO1. The molecule has 1 aliphatic heterocycles. The Morgan fingerprint density at radius 3 is 2.81 bits per heavy atom. The molecule has 0 aromatic rings. The molecule has 0 aromatic heterocycles. The lowest BCUT2D eigenvalue weighted by molar-refractivity contribution is -0.116. The van der Waals surface area contributed by atoms with Crippen molar-refractivity contribution in [3.8, 4) is 0 Å². The standard InChI is InChI=1S/C13H24O2S/c1-3-5-9-14-13-8-7-12(11-15-13)16-10-6-4-2/h11,13H,3-10H2,1-2H3. The molecule has 0 fully saturated rings. The first-order valence-electron chi connectivity index (χ1n) is 6.45. The van der Waals surface area contributed by atoms with Crippen molar-refractivity contribution in [2.75, 3.05) is 12.4 Å². The van der Waals surface area contributed by atoms with Crippen LogP contribution in [0.1, 0.15) is 52.4 Å². The summed E-state index contributed by atoms with van der Waals surface area (Å²) in [5.74, 6) is 1.22. The molecule has 1 unspecified atom stereocenters. The van der Waals surface area contributed by atoms with Crippen LogP contribution in [0.3, 0.4) is 0 Å². The van der Waals surface area contributed by atoms with Crippen LogP contribution in [0.5, 0.6) is 0 Å². The first kappa shape index (κ1) is 13.9. The fourth-order valence-corrected chi connectivity index (χ4v) is 2.56. The molecular formula is C13H24O2S. The maximum absolute atomic E-state index is 5.62. The van der Waals surface area contributed by atoms with Crippen molar-refractivity contribution in [1.82, 2.24) is 0 Å². The molecular weight excluding hydrogens is 220 g/mol. The predicted octanol–water partition coefficient (Wildman–Crippen LogP) is 4.31. The van der Waals surface area contributed by atoms with Crippen LogP contribution in [-0.4, -0.2) is 18.6 Å². The number of allylic oxidation sites excluding steroid dienone is 1. The van der Waals surface area contributed by atoms with Gasteiger partial charge in [0.2, 0.25) is 0 Å². The smallest absolute Gasteiger partial charge is 0.199 e. The van der Waals surface area contributed by atoms with E-state index >= 15 is 0 Å². The molecule has 0 amide bonds. The second kappa shape index (κ2) is 8.94. The minimum absolute atomic E-state index is 0.00192. The predicted molar refractivity (Wildman–Crippen MR) is 70.4 cm³/mol. The van der Waals surface area contributed by atoms with Crippen LogP contribution in [0.2, 0.25) is 0 Å². The molecule has 16 heavy (non-hydrogen) atoms. The Bertz CT molecular complexity index is 204. The monoisotopic (exact) mass is 244 g/mol. The fraction of sp³-hybridized carbons (Fsp3) is 0.846. The van der Waals surface area contributed by atoms with E-state index in [1.165, 1.54) is 29.9 Å². The first-order chi connectivity index (χ1) is 7.86. The third-order valence-electron chi connectivity index (χ3n) is 2.56.